The molecule has 0 saturated carbocycles. The van der Waals surface area contributed by atoms with Gasteiger partial charge in [0.2, 0.25) is 0 Å². The lowest BCUT2D eigenvalue weighted by molar-refractivity contribution is 0.0384. The molecule has 4 aromatic carbocycles. The standard InChI is InChI=1S/C41H38Cl6N6O/c1-50(2)21-40(23-5-9-31(44)33(46)17-23)37-27(29-19-25(42)7-11-35(29)48-37)13-15-52(40)39(54)53-16-14-28-30-20-26(43)8-12-36(30)49-38(28)41(53,22-51(3)4)24-6-10-32(45)34(47)18-24/h5-12,17-20,48-49H,13-16,21-22H2,1-4H3. The molecule has 7 nitrogen and oxygen atoms in total. The van der Waals surface area contributed by atoms with Gasteiger partial charge in [-0.15, -0.1) is 0 Å². The van der Waals surface area contributed by atoms with Gasteiger partial charge < -0.3 is 29.6 Å². The zero-order chi connectivity index (χ0) is 38.3. The summed E-state index contributed by atoms with van der Waals surface area (Å²) in [4.78, 5) is 32.0. The maximum atomic E-state index is 16.2. The average Bonchev–Trinajstić information content (AvgIpc) is 3.68. The zero-order valence-corrected chi connectivity index (χ0v) is 34.7. The quantitative estimate of drug-likeness (QED) is 0.176. The summed E-state index contributed by atoms with van der Waals surface area (Å²) in [5.74, 6) is 0. The maximum Gasteiger partial charge on any atom is 0.322 e. The molecule has 13 heteroatoms. The van der Waals surface area contributed by atoms with Gasteiger partial charge in [0, 0.05) is 58.0 Å². The molecule has 2 aliphatic heterocycles. The normalized spacial score (nSPS) is 20.0. The number of carbonyl (C=O) groups is 1. The molecule has 6 aromatic rings. The molecule has 2 unspecified atom stereocenters. The molecule has 4 heterocycles. The van der Waals surface area contributed by atoms with Crippen LogP contribution < -0.4 is 0 Å². The highest BCUT2D eigenvalue weighted by atomic mass is 35.5. The number of nitrogens with one attached hydrogen (secondary N) is 2. The first-order valence-corrected chi connectivity index (χ1v) is 19.9. The van der Waals surface area contributed by atoms with E-state index in [0.717, 1.165) is 55.4 Å². The monoisotopic (exact) mass is 840 g/mol. The Hall–Kier alpha value is -3.11. The molecule has 8 rings (SSSR count). The molecule has 0 bridgehead atoms. The summed E-state index contributed by atoms with van der Waals surface area (Å²) < 4.78 is 0. The number of likely N-dealkylation sites (N-methyl/N-ethyl adjacent to an activating group) is 2. The Labute approximate surface area is 344 Å². The molecule has 54 heavy (non-hydrogen) atoms. The number of carbonyl (C=O) groups excluding carboxylic acids is 1. The van der Waals surface area contributed by atoms with Crippen LogP contribution in [0.2, 0.25) is 30.1 Å². The van der Waals surface area contributed by atoms with Crippen molar-refractivity contribution in [3.8, 4) is 0 Å². The average molecular weight is 844 g/mol. The van der Waals surface area contributed by atoms with Crippen LogP contribution in [0.25, 0.3) is 21.8 Å². The Morgan fingerprint density at radius 1 is 0.593 bits per heavy atom. The minimum Gasteiger partial charge on any atom is -0.356 e. The number of amides is 2. The number of fused-ring (bicyclic) bond motifs is 6. The maximum absolute atomic E-state index is 16.2. The first-order valence-electron chi connectivity index (χ1n) is 17.7. The predicted octanol–water partition coefficient (Wildman–Crippen LogP) is 10.7. The second-order valence-corrected chi connectivity index (χ2v) is 17.4. The van der Waals surface area contributed by atoms with Crippen molar-refractivity contribution in [2.24, 2.45) is 0 Å². The van der Waals surface area contributed by atoms with Gasteiger partial charge in [-0.3, -0.25) is 0 Å². The molecule has 0 fully saturated rings. The highest BCUT2D eigenvalue weighted by molar-refractivity contribution is 6.42. The van der Waals surface area contributed by atoms with Gasteiger partial charge in [0.05, 0.1) is 31.5 Å². The van der Waals surface area contributed by atoms with Crippen molar-refractivity contribution in [2.45, 2.75) is 23.9 Å². The van der Waals surface area contributed by atoms with E-state index in [4.69, 9.17) is 69.6 Å². The van der Waals surface area contributed by atoms with E-state index < -0.39 is 11.1 Å². The summed E-state index contributed by atoms with van der Waals surface area (Å²) in [6.45, 7) is 1.73. The van der Waals surface area contributed by atoms with Crippen molar-refractivity contribution in [2.75, 3.05) is 54.4 Å². The van der Waals surface area contributed by atoms with E-state index >= 15 is 4.79 Å². The van der Waals surface area contributed by atoms with E-state index in [0.29, 0.717) is 69.2 Å². The number of nitrogens with zero attached hydrogens (tertiary/aromatic N) is 4. The Kier molecular flexibility index (Phi) is 9.88. The fourth-order valence-electron chi connectivity index (χ4n) is 8.96. The summed E-state index contributed by atoms with van der Waals surface area (Å²) in [6, 6.07) is 23.0. The Morgan fingerprint density at radius 2 is 1.00 bits per heavy atom. The Morgan fingerprint density at radius 3 is 1.37 bits per heavy atom. The minimum absolute atomic E-state index is 0.138. The molecule has 0 spiro atoms. The van der Waals surface area contributed by atoms with Crippen LogP contribution in [0.3, 0.4) is 0 Å². The number of urea groups is 1. The van der Waals surface area contributed by atoms with Crippen LogP contribution in [0, 0.1) is 0 Å². The fourth-order valence-corrected chi connectivity index (χ4v) is 9.90. The van der Waals surface area contributed by atoms with Crippen molar-refractivity contribution >= 4 is 97.4 Å². The van der Waals surface area contributed by atoms with Gasteiger partial charge >= 0.3 is 6.03 Å². The molecule has 2 aliphatic rings. The van der Waals surface area contributed by atoms with E-state index in [-0.39, 0.29) is 6.03 Å². The summed E-state index contributed by atoms with van der Waals surface area (Å²) in [5, 5.41) is 5.04. The largest absolute Gasteiger partial charge is 0.356 e. The van der Waals surface area contributed by atoms with Crippen molar-refractivity contribution in [1.29, 1.82) is 0 Å². The van der Waals surface area contributed by atoms with Gasteiger partial charge in [0.25, 0.3) is 0 Å². The van der Waals surface area contributed by atoms with Crippen LogP contribution >= 0.6 is 69.6 Å². The third-order valence-corrected chi connectivity index (χ3v) is 13.0. The molecule has 2 amide bonds. The summed E-state index contributed by atoms with van der Waals surface area (Å²) in [7, 11) is 8.07. The molecular formula is C41H38Cl6N6O. The number of benzene rings is 4. The lowest BCUT2D eigenvalue weighted by Gasteiger charge is -2.54. The van der Waals surface area contributed by atoms with Crippen LogP contribution in [-0.2, 0) is 23.9 Å². The van der Waals surface area contributed by atoms with Gasteiger partial charge in [-0.1, -0.05) is 81.7 Å². The van der Waals surface area contributed by atoms with E-state index in [1.54, 1.807) is 0 Å². The number of hydrogen-bond donors (Lipinski definition) is 2. The molecule has 0 saturated heterocycles. The molecule has 2 atom stereocenters. The SMILES string of the molecule is CN(C)CC1(c2ccc(Cl)c(Cl)c2)c2[nH]c3ccc(Cl)cc3c2CCN1C(=O)N1CCc2c([nH]c3ccc(Cl)cc23)C1(CN(C)C)c1ccc(Cl)c(Cl)c1. The Balaban J connectivity index is 1.41. The molecule has 0 aliphatic carbocycles. The van der Waals surface area contributed by atoms with E-state index in [9.17, 15) is 0 Å². The van der Waals surface area contributed by atoms with Crippen molar-refractivity contribution in [1.82, 2.24) is 29.6 Å². The van der Waals surface area contributed by atoms with Crippen LogP contribution in [0.15, 0.2) is 72.8 Å². The zero-order valence-electron chi connectivity index (χ0n) is 30.1. The first kappa shape index (κ1) is 37.8. The van der Waals surface area contributed by atoms with Crippen LogP contribution in [0.1, 0.15) is 33.6 Å². The number of H-pyrrole nitrogens is 2. The molecule has 2 aromatic heterocycles. The summed E-state index contributed by atoms with van der Waals surface area (Å²) >= 11 is 39.9. The number of aromatic amines is 2. The first-order chi connectivity index (χ1) is 25.7. The molecule has 2 N–H and O–H groups in total. The molecule has 0 radical (unpaired) electrons. The second kappa shape index (κ2) is 14.1. The number of halogens is 6. The minimum atomic E-state index is -1.02. The smallest absolute Gasteiger partial charge is 0.322 e. The number of aromatic nitrogens is 2. The summed E-state index contributed by atoms with van der Waals surface area (Å²) in [6.07, 6.45) is 1.21. The van der Waals surface area contributed by atoms with Crippen molar-refractivity contribution in [3.05, 3.63) is 137 Å². The summed E-state index contributed by atoms with van der Waals surface area (Å²) in [5.41, 5.74) is 5.57. The van der Waals surface area contributed by atoms with Crippen LogP contribution in [-0.4, -0.2) is 90.0 Å². The van der Waals surface area contributed by atoms with Crippen molar-refractivity contribution < 1.29 is 4.79 Å². The lowest BCUT2D eigenvalue weighted by Crippen LogP contribution is -2.66. The van der Waals surface area contributed by atoms with E-state index in [1.807, 2.05) is 111 Å². The van der Waals surface area contributed by atoms with Gasteiger partial charge in [0.15, 0.2) is 0 Å². The molecule has 280 valence electrons. The van der Waals surface area contributed by atoms with Crippen molar-refractivity contribution in [3.63, 3.8) is 0 Å². The number of rotatable bonds is 6. The Bertz CT molecular complexity index is 2290. The fraction of sp³-hybridized carbons (Fsp3) is 0.293. The van der Waals surface area contributed by atoms with Gasteiger partial charge in [-0.2, -0.15) is 0 Å². The van der Waals surface area contributed by atoms with E-state index in [1.165, 1.54) is 0 Å². The molecular weight excluding hydrogens is 805 g/mol. The number of hydrogen-bond acceptors (Lipinski definition) is 3. The van der Waals surface area contributed by atoms with Gasteiger partial charge in [-0.05, 0) is 124 Å². The van der Waals surface area contributed by atoms with E-state index in [2.05, 4.69) is 19.8 Å². The topological polar surface area (TPSA) is 61.6 Å². The third-order valence-electron chi connectivity index (χ3n) is 11.0. The third kappa shape index (κ3) is 5.98. The van der Waals surface area contributed by atoms with Gasteiger partial charge in [0.1, 0.15) is 11.1 Å². The second-order valence-electron chi connectivity index (χ2n) is 14.9. The predicted molar refractivity (Wildman–Crippen MR) is 224 cm³/mol. The van der Waals surface area contributed by atoms with Gasteiger partial charge in [-0.25, -0.2) is 4.79 Å². The van der Waals surface area contributed by atoms with Crippen LogP contribution in [0.4, 0.5) is 4.79 Å². The lowest BCUT2D eigenvalue weighted by atomic mass is 9.77. The van der Waals surface area contributed by atoms with Crippen LogP contribution in [0.5, 0.6) is 0 Å². The highest BCUT2D eigenvalue weighted by Gasteiger charge is 2.55. The highest BCUT2D eigenvalue weighted by Crippen LogP contribution is 2.50.